The number of aryl methyl sites for hydroxylation is 2. The van der Waals surface area contributed by atoms with Gasteiger partial charge in [0, 0.05) is 0 Å². The first-order valence-electron chi connectivity index (χ1n) is 8.77. The molecule has 23 heavy (non-hydrogen) atoms. The number of nitrogens with zero attached hydrogens (tertiary/aromatic N) is 1. The van der Waals surface area contributed by atoms with Gasteiger partial charge in [-0.15, -0.1) is 0 Å². The van der Waals surface area contributed by atoms with Crippen LogP contribution < -0.4 is 10.4 Å². The van der Waals surface area contributed by atoms with Crippen LogP contribution in [0.4, 0.5) is 0 Å². The number of hydrogen-bond donors (Lipinski definition) is 0. The summed E-state index contributed by atoms with van der Waals surface area (Å²) in [6, 6.07) is 21.4. The highest BCUT2D eigenvalue weighted by atomic mass is 28.3. The average Bonchev–Trinajstić information content (AvgIpc) is 2.53. The molecule has 0 saturated carbocycles. The molecule has 0 aliphatic rings. The van der Waals surface area contributed by atoms with Gasteiger partial charge in [-0.1, -0.05) is 83.4 Å². The van der Waals surface area contributed by atoms with E-state index in [9.17, 15) is 0 Å². The molecule has 0 atom stereocenters. The summed E-state index contributed by atoms with van der Waals surface area (Å²) in [5, 5.41) is 3.19. The van der Waals surface area contributed by atoms with Gasteiger partial charge in [-0.05, 0) is 46.6 Å². The van der Waals surface area contributed by atoms with Gasteiger partial charge in [0.15, 0.2) is 0 Å². The predicted octanol–water partition coefficient (Wildman–Crippen LogP) is 3.84. The van der Waals surface area contributed by atoms with E-state index in [0.29, 0.717) is 0 Å². The molecule has 0 unspecified atom stereocenters. The first kappa shape index (κ1) is 18.0. The molecular weight excluding hydrogens is 294 g/mol. The Morgan fingerprint density at radius 1 is 0.739 bits per heavy atom. The third kappa shape index (κ3) is 4.33. The van der Waals surface area contributed by atoms with Gasteiger partial charge in [-0.3, -0.25) is 0 Å². The van der Waals surface area contributed by atoms with Crippen LogP contribution in [0, 0.1) is 13.8 Å². The smallest absolute Gasteiger partial charge is 0.119 e. The van der Waals surface area contributed by atoms with E-state index < -0.39 is 8.07 Å². The molecule has 2 rings (SSSR count). The Balaban J connectivity index is 2.53. The lowest BCUT2D eigenvalue weighted by molar-refractivity contribution is 0.431. The van der Waals surface area contributed by atoms with Crippen molar-refractivity contribution < 1.29 is 0 Å². The van der Waals surface area contributed by atoms with Gasteiger partial charge in [0.2, 0.25) is 0 Å². The van der Waals surface area contributed by atoms with Gasteiger partial charge >= 0.3 is 0 Å². The molecule has 0 aromatic heterocycles. The molecule has 124 valence electrons. The summed E-state index contributed by atoms with van der Waals surface area (Å²) < 4.78 is 0. The summed E-state index contributed by atoms with van der Waals surface area (Å²) in [4.78, 5) is 2.33. The number of rotatable bonds is 7. The fraction of sp³-hybridized carbons (Fsp3) is 0.429. The zero-order valence-electron chi connectivity index (χ0n) is 15.4. The van der Waals surface area contributed by atoms with Crippen LogP contribution >= 0.6 is 0 Å². The molecule has 0 aliphatic carbocycles. The summed E-state index contributed by atoms with van der Waals surface area (Å²) in [5.41, 5.74) is 2.70. The lowest BCUT2D eigenvalue weighted by Crippen LogP contribution is -2.59. The van der Waals surface area contributed by atoms with Crippen molar-refractivity contribution >= 4 is 18.4 Å². The zero-order chi connectivity index (χ0) is 16.9. The SMILES string of the molecule is CCC[Si](CCN(C)C)(c1ccc(C)cc1)c1ccc(C)cc1. The Morgan fingerprint density at radius 2 is 1.17 bits per heavy atom. The van der Waals surface area contributed by atoms with Crippen molar-refractivity contribution in [1.29, 1.82) is 0 Å². The van der Waals surface area contributed by atoms with Gasteiger partial charge in [0.1, 0.15) is 8.07 Å². The lowest BCUT2D eigenvalue weighted by atomic mass is 10.2. The predicted molar refractivity (Wildman–Crippen MR) is 106 cm³/mol. The normalized spacial score (nSPS) is 11.9. The van der Waals surface area contributed by atoms with Crippen LogP contribution in [0.2, 0.25) is 12.1 Å². The monoisotopic (exact) mass is 325 g/mol. The summed E-state index contributed by atoms with van der Waals surface area (Å²) in [5.74, 6) is 0. The molecule has 0 spiro atoms. The molecule has 0 radical (unpaired) electrons. The molecule has 0 N–H and O–H groups in total. The Morgan fingerprint density at radius 3 is 1.52 bits per heavy atom. The van der Waals surface area contributed by atoms with Crippen LogP contribution in [0.25, 0.3) is 0 Å². The highest BCUT2D eigenvalue weighted by molar-refractivity contribution is 7.02. The average molecular weight is 326 g/mol. The number of hydrogen-bond acceptors (Lipinski definition) is 1. The Bertz CT molecular complexity index is 553. The van der Waals surface area contributed by atoms with Crippen molar-refractivity contribution in [3.63, 3.8) is 0 Å². The summed E-state index contributed by atoms with van der Waals surface area (Å²) in [6.45, 7) is 7.85. The van der Waals surface area contributed by atoms with Gasteiger partial charge in [0.25, 0.3) is 0 Å². The third-order valence-corrected chi connectivity index (χ3v) is 10.2. The van der Waals surface area contributed by atoms with Crippen LogP contribution in [0.15, 0.2) is 48.5 Å². The van der Waals surface area contributed by atoms with E-state index in [2.05, 4.69) is 88.3 Å². The van der Waals surface area contributed by atoms with Gasteiger partial charge in [-0.25, -0.2) is 0 Å². The fourth-order valence-corrected chi connectivity index (χ4v) is 8.49. The summed E-state index contributed by atoms with van der Waals surface area (Å²) in [7, 11) is 2.68. The summed E-state index contributed by atoms with van der Waals surface area (Å²) >= 11 is 0. The second-order valence-electron chi connectivity index (χ2n) is 7.12. The molecule has 2 aromatic rings. The molecule has 0 fully saturated rings. The van der Waals surface area contributed by atoms with Crippen molar-refractivity contribution in [3.8, 4) is 0 Å². The highest BCUT2D eigenvalue weighted by Crippen LogP contribution is 2.20. The van der Waals surface area contributed by atoms with E-state index in [4.69, 9.17) is 0 Å². The molecular formula is C21H31NSi. The number of benzene rings is 2. The minimum atomic E-state index is -1.70. The minimum Gasteiger partial charge on any atom is -0.310 e. The van der Waals surface area contributed by atoms with E-state index >= 15 is 0 Å². The van der Waals surface area contributed by atoms with E-state index in [1.807, 2.05) is 0 Å². The van der Waals surface area contributed by atoms with Crippen LogP contribution in [0.3, 0.4) is 0 Å². The second-order valence-corrected chi connectivity index (χ2v) is 11.4. The molecule has 1 nitrogen and oxygen atoms in total. The molecule has 0 aliphatic heterocycles. The lowest BCUT2D eigenvalue weighted by Gasteiger charge is -2.34. The Kier molecular flexibility index (Phi) is 6.20. The maximum atomic E-state index is 2.40. The Labute approximate surface area is 143 Å². The maximum Gasteiger partial charge on any atom is 0.119 e. The van der Waals surface area contributed by atoms with E-state index in [-0.39, 0.29) is 0 Å². The topological polar surface area (TPSA) is 3.24 Å². The van der Waals surface area contributed by atoms with E-state index in [0.717, 1.165) is 6.54 Å². The van der Waals surface area contributed by atoms with Crippen molar-refractivity contribution in [2.24, 2.45) is 0 Å². The molecule has 0 heterocycles. The maximum absolute atomic E-state index is 2.40. The van der Waals surface area contributed by atoms with Crippen LogP contribution in [-0.2, 0) is 0 Å². The molecule has 0 amide bonds. The van der Waals surface area contributed by atoms with Gasteiger partial charge in [-0.2, -0.15) is 0 Å². The van der Waals surface area contributed by atoms with Crippen molar-refractivity contribution in [2.45, 2.75) is 39.3 Å². The minimum absolute atomic E-state index is 1.16. The molecule has 2 heteroatoms. The van der Waals surface area contributed by atoms with Crippen molar-refractivity contribution in [3.05, 3.63) is 59.7 Å². The fourth-order valence-electron chi connectivity index (χ4n) is 3.46. The van der Waals surface area contributed by atoms with Gasteiger partial charge in [0.05, 0.1) is 0 Å². The van der Waals surface area contributed by atoms with E-state index in [1.54, 1.807) is 10.4 Å². The van der Waals surface area contributed by atoms with Crippen molar-refractivity contribution in [2.75, 3.05) is 20.6 Å². The van der Waals surface area contributed by atoms with Gasteiger partial charge < -0.3 is 4.90 Å². The first-order chi connectivity index (χ1) is 11.0. The standard InChI is InChI=1S/C21H31NSi/c1-6-16-23(17-15-22(4)5,20-11-7-18(2)8-12-20)21-13-9-19(3)10-14-21/h7-14H,6,15-17H2,1-5H3. The zero-order valence-corrected chi connectivity index (χ0v) is 16.4. The largest absolute Gasteiger partial charge is 0.310 e. The summed E-state index contributed by atoms with van der Waals surface area (Å²) in [6.07, 6.45) is 1.25. The molecule has 0 saturated heterocycles. The Hall–Kier alpha value is -1.38. The van der Waals surface area contributed by atoms with Crippen molar-refractivity contribution in [1.82, 2.24) is 4.90 Å². The second kappa shape index (κ2) is 7.94. The molecule has 0 bridgehead atoms. The molecule has 2 aromatic carbocycles. The highest BCUT2D eigenvalue weighted by Gasteiger charge is 2.35. The van der Waals surface area contributed by atoms with Crippen LogP contribution in [-0.4, -0.2) is 33.6 Å². The van der Waals surface area contributed by atoms with Crippen LogP contribution in [0.1, 0.15) is 24.5 Å². The third-order valence-electron chi connectivity index (χ3n) is 4.87. The van der Waals surface area contributed by atoms with Crippen LogP contribution in [0.5, 0.6) is 0 Å². The quantitative estimate of drug-likeness (QED) is 0.699. The van der Waals surface area contributed by atoms with E-state index in [1.165, 1.54) is 29.6 Å². The first-order valence-corrected chi connectivity index (χ1v) is 11.2.